The second-order valence-corrected chi connectivity index (χ2v) is 5.20. The van der Waals surface area contributed by atoms with Crippen LogP contribution in [0.1, 0.15) is 46.5 Å². The van der Waals surface area contributed by atoms with E-state index < -0.39 is 0 Å². The first-order valence-electron chi connectivity index (χ1n) is 7.33. The molecule has 102 valence electrons. The molecule has 1 rings (SSSR count). The number of nitrogens with one attached hydrogen (secondary N) is 1. The van der Waals surface area contributed by atoms with Crippen molar-refractivity contribution in [2.75, 3.05) is 32.8 Å². The van der Waals surface area contributed by atoms with Crippen LogP contribution in [0.5, 0.6) is 0 Å². The molecule has 1 aliphatic heterocycles. The van der Waals surface area contributed by atoms with Crippen LogP contribution in [0.4, 0.5) is 0 Å². The number of nitrogens with zero attached hydrogens (tertiary/aromatic N) is 1. The van der Waals surface area contributed by atoms with Crippen LogP contribution in [0.25, 0.3) is 0 Å². The van der Waals surface area contributed by atoms with Crippen LogP contribution in [0.15, 0.2) is 0 Å². The van der Waals surface area contributed by atoms with Crippen LogP contribution in [0.2, 0.25) is 0 Å². The first kappa shape index (κ1) is 14.9. The number of hydrogen-bond acceptors (Lipinski definition) is 3. The van der Waals surface area contributed by atoms with Crippen molar-refractivity contribution in [3.63, 3.8) is 0 Å². The molecule has 2 unspecified atom stereocenters. The minimum atomic E-state index is 0.472. The van der Waals surface area contributed by atoms with Crippen LogP contribution in [-0.2, 0) is 4.74 Å². The molecule has 1 heterocycles. The van der Waals surface area contributed by atoms with E-state index in [1.807, 2.05) is 0 Å². The zero-order chi connectivity index (χ0) is 12.5. The van der Waals surface area contributed by atoms with Crippen LogP contribution >= 0.6 is 0 Å². The third-order valence-corrected chi connectivity index (χ3v) is 3.53. The van der Waals surface area contributed by atoms with Crippen molar-refractivity contribution in [3.05, 3.63) is 0 Å². The first-order valence-corrected chi connectivity index (χ1v) is 7.33. The number of hydrogen-bond donors (Lipinski definition) is 1. The van der Waals surface area contributed by atoms with Crippen LogP contribution in [0.3, 0.4) is 0 Å². The Hall–Kier alpha value is -0.120. The second kappa shape index (κ2) is 8.90. The molecule has 0 bridgehead atoms. The van der Waals surface area contributed by atoms with E-state index in [1.54, 1.807) is 0 Å². The quantitative estimate of drug-likeness (QED) is 0.706. The summed E-state index contributed by atoms with van der Waals surface area (Å²) in [5, 5.41) is 3.55. The number of rotatable bonds is 8. The van der Waals surface area contributed by atoms with Crippen molar-refractivity contribution in [2.24, 2.45) is 0 Å². The molecule has 0 spiro atoms. The highest BCUT2D eigenvalue weighted by Gasteiger charge is 2.18. The van der Waals surface area contributed by atoms with Crippen molar-refractivity contribution in [3.8, 4) is 0 Å². The van der Waals surface area contributed by atoms with Gasteiger partial charge >= 0.3 is 0 Å². The van der Waals surface area contributed by atoms with Gasteiger partial charge in [0.1, 0.15) is 0 Å². The Balaban J connectivity index is 2.05. The van der Waals surface area contributed by atoms with E-state index in [-0.39, 0.29) is 0 Å². The average molecular weight is 242 g/mol. The zero-order valence-corrected chi connectivity index (χ0v) is 11.9. The molecule has 0 aromatic rings. The summed E-state index contributed by atoms with van der Waals surface area (Å²) in [6.45, 7) is 12.3. The van der Waals surface area contributed by atoms with Gasteiger partial charge in [0, 0.05) is 19.1 Å². The molecule has 0 aromatic carbocycles. The molecular weight excluding hydrogens is 212 g/mol. The predicted molar refractivity (Wildman–Crippen MR) is 73.5 cm³/mol. The van der Waals surface area contributed by atoms with E-state index in [2.05, 4.69) is 31.0 Å². The Bertz CT molecular complexity index is 187. The highest BCUT2D eigenvalue weighted by atomic mass is 16.5. The summed E-state index contributed by atoms with van der Waals surface area (Å²) in [5.41, 5.74) is 0. The third kappa shape index (κ3) is 6.39. The summed E-state index contributed by atoms with van der Waals surface area (Å²) in [7, 11) is 0. The standard InChI is InChI=1S/C14H30N2O/c1-4-8-15-13(3)7-6-9-16-10-11-17-14(5-2)12-16/h13-15H,4-12H2,1-3H3. The van der Waals surface area contributed by atoms with E-state index in [1.165, 1.54) is 25.8 Å². The summed E-state index contributed by atoms with van der Waals surface area (Å²) >= 11 is 0. The van der Waals surface area contributed by atoms with Gasteiger partial charge in [0.15, 0.2) is 0 Å². The molecule has 0 aromatic heterocycles. The Labute approximate surface area is 107 Å². The Morgan fingerprint density at radius 3 is 2.94 bits per heavy atom. The lowest BCUT2D eigenvalue weighted by atomic mass is 10.1. The molecule has 0 amide bonds. The minimum Gasteiger partial charge on any atom is -0.376 e. The number of morpholine rings is 1. The molecule has 0 saturated carbocycles. The predicted octanol–water partition coefficient (Wildman–Crippen LogP) is 2.27. The van der Waals surface area contributed by atoms with E-state index >= 15 is 0 Å². The van der Waals surface area contributed by atoms with Gasteiger partial charge in [-0.25, -0.2) is 0 Å². The van der Waals surface area contributed by atoms with Crippen LogP contribution < -0.4 is 5.32 Å². The molecule has 1 fully saturated rings. The van der Waals surface area contributed by atoms with Crippen LogP contribution in [-0.4, -0.2) is 49.8 Å². The molecule has 3 nitrogen and oxygen atoms in total. The van der Waals surface area contributed by atoms with Crippen molar-refractivity contribution in [1.82, 2.24) is 10.2 Å². The summed E-state index contributed by atoms with van der Waals surface area (Å²) in [6, 6.07) is 0.665. The number of ether oxygens (including phenoxy) is 1. The first-order chi connectivity index (χ1) is 8.26. The normalized spacial score (nSPS) is 23.8. The molecule has 1 N–H and O–H groups in total. The van der Waals surface area contributed by atoms with Gasteiger partial charge in [-0.1, -0.05) is 13.8 Å². The summed E-state index contributed by atoms with van der Waals surface area (Å²) < 4.78 is 5.68. The Morgan fingerprint density at radius 2 is 2.24 bits per heavy atom. The van der Waals surface area contributed by atoms with Gasteiger partial charge in [-0.2, -0.15) is 0 Å². The molecular formula is C14H30N2O. The fraction of sp³-hybridized carbons (Fsp3) is 1.00. The van der Waals surface area contributed by atoms with Gasteiger partial charge in [-0.15, -0.1) is 0 Å². The van der Waals surface area contributed by atoms with Crippen molar-refractivity contribution in [1.29, 1.82) is 0 Å². The monoisotopic (exact) mass is 242 g/mol. The van der Waals surface area contributed by atoms with Gasteiger partial charge in [0.2, 0.25) is 0 Å². The summed E-state index contributed by atoms with van der Waals surface area (Å²) in [6.07, 6.45) is 5.43. The maximum Gasteiger partial charge on any atom is 0.0700 e. The van der Waals surface area contributed by atoms with Crippen molar-refractivity contribution >= 4 is 0 Å². The molecule has 1 aliphatic rings. The molecule has 17 heavy (non-hydrogen) atoms. The minimum absolute atomic E-state index is 0.472. The molecule has 0 aliphatic carbocycles. The molecule has 1 saturated heterocycles. The summed E-state index contributed by atoms with van der Waals surface area (Å²) in [4.78, 5) is 2.56. The lowest BCUT2D eigenvalue weighted by molar-refractivity contribution is -0.0300. The highest BCUT2D eigenvalue weighted by molar-refractivity contribution is 4.71. The molecule has 0 radical (unpaired) electrons. The zero-order valence-electron chi connectivity index (χ0n) is 11.9. The average Bonchev–Trinajstić information content (AvgIpc) is 2.36. The highest BCUT2D eigenvalue weighted by Crippen LogP contribution is 2.09. The molecule has 2 atom stereocenters. The van der Waals surface area contributed by atoms with E-state index in [0.717, 1.165) is 32.7 Å². The smallest absolute Gasteiger partial charge is 0.0700 e. The van der Waals surface area contributed by atoms with Gasteiger partial charge in [0.25, 0.3) is 0 Å². The maximum atomic E-state index is 5.68. The van der Waals surface area contributed by atoms with E-state index in [0.29, 0.717) is 12.1 Å². The largest absolute Gasteiger partial charge is 0.376 e. The SMILES string of the molecule is CCCNC(C)CCCN1CCOC(CC)C1. The van der Waals surface area contributed by atoms with Gasteiger partial charge in [0.05, 0.1) is 12.7 Å². The fourth-order valence-electron chi connectivity index (χ4n) is 2.34. The Kier molecular flexibility index (Phi) is 7.82. The fourth-order valence-corrected chi connectivity index (χ4v) is 2.34. The van der Waals surface area contributed by atoms with Gasteiger partial charge in [-0.3, -0.25) is 4.90 Å². The van der Waals surface area contributed by atoms with Crippen molar-refractivity contribution in [2.45, 2.75) is 58.6 Å². The van der Waals surface area contributed by atoms with E-state index in [4.69, 9.17) is 4.74 Å². The lowest BCUT2D eigenvalue weighted by Crippen LogP contribution is -2.42. The molecule has 3 heteroatoms. The summed E-state index contributed by atoms with van der Waals surface area (Å²) in [5.74, 6) is 0. The van der Waals surface area contributed by atoms with Gasteiger partial charge in [-0.05, 0) is 45.7 Å². The second-order valence-electron chi connectivity index (χ2n) is 5.20. The van der Waals surface area contributed by atoms with E-state index in [9.17, 15) is 0 Å². The third-order valence-electron chi connectivity index (χ3n) is 3.53. The topological polar surface area (TPSA) is 24.5 Å². The lowest BCUT2D eigenvalue weighted by Gasteiger charge is -2.32. The van der Waals surface area contributed by atoms with Crippen molar-refractivity contribution < 1.29 is 4.74 Å². The van der Waals surface area contributed by atoms with Gasteiger partial charge < -0.3 is 10.1 Å². The maximum absolute atomic E-state index is 5.68. The van der Waals surface area contributed by atoms with Crippen LogP contribution in [0, 0.1) is 0 Å². The Morgan fingerprint density at radius 1 is 1.41 bits per heavy atom.